The summed E-state index contributed by atoms with van der Waals surface area (Å²) in [4.78, 5) is 57.0. The van der Waals surface area contributed by atoms with Crippen molar-refractivity contribution in [2.24, 2.45) is 5.16 Å². The van der Waals surface area contributed by atoms with Crippen molar-refractivity contribution >= 4 is 81.0 Å². The minimum atomic E-state index is -1.31. The fourth-order valence-electron chi connectivity index (χ4n) is 4.07. The molecule has 4 rings (SSSR count). The highest BCUT2D eigenvalue weighted by atomic mass is 32.2. The molecule has 19 heteroatoms. The molecule has 0 aromatic carbocycles. The first-order valence-corrected chi connectivity index (χ1v) is 16.7. The topological polar surface area (TPSA) is 209 Å². The molecule has 1 unspecified atom stereocenters. The number of carbonyl (C=O) groups excluding carboxylic acids is 4. The molecule has 2 aliphatic heterocycles. The van der Waals surface area contributed by atoms with Crippen molar-refractivity contribution in [2.45, 2.75) is 68.7 Å². The predicted octanol–water partition coefficient (Wildman–Crippen LogP) is 2.74. The smallest absolute Gasteiger partial charge is 0.431 e. The monoisotopic (exact) mass is 671 g/mol. The zero-order valence-corrected chi connectivity index (χ0v) is 26.7. The second-order valence-electron chi connectivity index (χ2n) is 9.11. The molecular weight excluding hydrogens is 643 g/mol. The lowest BCUT2D eigenvalue weighted by molar-refractivity contribution is -0.169. The fourth-order valence-corrected chi connectivity index (χ4v) is 7.92. The van der Waals surface area contributed by atoms with Crippen LogP contribution in [0, 0.1) is 6.92 Å². The number of esters is 1. The Balaban J connectivity index is 1.50. The van der Waals surface area contributed by atoms with Gasteiger partial charge in [-0.05, 0) is 25.3 Å². The molecule has 2 aromatic heterocycles. The molecule has 15 nitrogen and oxygen atoms in total. The van der Waals surface area contributed by atoms with E-state index in [-0.39, 0.29) is 22.6 Å². The highest BCUT2D eigenvalue weighted by molar-refractivity contribution is 8.01. The van der Waals surface area contributed by atoms with Crippen LogP contribution in [0.15, 0.2) is 26.1 Å². The number of nitrogens with two attached hydrogens (primary N) is 1. The number of thiazole rings is 1. The Hall–Kier alpha value is -3.42. The highest BCUT2D eigenvalue weighted by Crippen LogP contribution is 2.42. The lowest BCUT2D eigenvalue weighted by Gasteiger charge is -2.49. The third kappa shape index (κ3) is 7.57. The first kappa shape index (κ1) is 32.5. The minimum Gasteiger partial charge on any atom is -0.431 e. The van der Waals surface area contributed by atoms with Gasteiger partial charge in [-0.2, -0.15) is 0 Å². The van der Waals surface area contributed by atoms with Gasteiger partial charge in [-0.15, -0.1) is 33.3 Å². The van der Waals surface area contributed by atoms with E-state index in [9.17, 15) is 24.4 Å². The maximum atomic E-state index is 13.4. The number of nitrogens with one attached hydrogen (secondary N) is 1. The molecule has 0 aliphatic carbocycles. The predicted molar refractivity (Wildman–Crippen MR) is 160 cm³/mol. The van der Waals surface area contributed by atoms with Gasteiger partial charge in [0.05, 0.1) is 0 Å². The molecule has 2 amide bonds. The van der Waals surface area contributed by atoms with E-state index in [1.807, 2.05) is 20.8 Å². The van der Waals surface area contributed by atoms with Crippen LogP contribution in [0.25, 0.3) is 0 Å². The highest BCUT2D eigenvalue weighted by Gasteiger charge is 2.55. The van der Waals surface area contributed by atoms with Crippen molar-refractivity contribution in [1.82, 2.24) is 25.4 Å². The zero-order chi connectivity index (χ0) is 31.3. The van der Waals surface area contributed by atoms with Gasteiger partial charge in [-0.25, -0.2) is 14.6 Å². The van der Waals surface area contributed by atoms with Crippen LogP contribution in [0.2, 0.25) is 0 Å². The van der Waals surface area contributed by atoms with Gasteiger partial charge in [0.1, 0.15) is 33.9 Å². The number of nitrogens with zero attached hydrogens (tertiary/aromatic N) is 5. The largest absolute Gasteiger partial charge is 0.511 e. The number of aryl methyl sites for hydroxylation is 1. The van der Waals surface area contributed by atoms with Gasteiger partial charge in [0.25, 0.3) is 11.8 Å². The van der Waals surface area contributed by atoms with Crippen LogP contribution in [-0.4, -0.2) is 90.3 Å². The molecule has 3 atom stereocenters. The molecule has 0 saturated carbocycles. The standard InChI is InChI=1S/C24H29N7O8S4/c1-5-13(6-2)39-24(35)38-11(4)37-21(34)17-12(8-42-23-29-28-10(3)43-23)7-40-20-16(19(33)31(17)20)27-18(32)15(30-36)14-9-41-22(25)26-14/h9,11,13,16,20,36H,5-8H2,1-4H3,(H2,25,26)(H,27,32)/b30-15-/t11?,16-,20-/m1/s1. The summed E-state index contributed by atoms with van der Waals surface area (Å²) in [6.07, 6.45) is -1.43. The van der Waals surface area contributed by atoms with Gasteiger partial charge in [-0.3, -0.25) is 14.5 Å². The Morgan fingerprint density at radius 2 is 2.00 bits per heavy atom. The van der Waals surface area contributed by atoms with Gasteiger partial charge in [0, 0.05) is 23.8 Å². The Bertz CT molecular complexity index is 1440. The van der Waals surface area contributed by atoms with Crippen LogP contribution in [0.3, 0.4) is 0 Å². The number of anilines is 1. The quantitative estimate of drug-likeness (QED) is 0.0564. The third-order valence-electron chi connectivity index (χ3n) is 6.19. The number of carbonyl (C=O) groups is 4. The summed E-state index contributed by atoms with van der Waals surface area (Å²) in [5, 5.41) is 24.8. The zero-order valence-electron chi connectivity index (χ0n) is 23.5. The summed E-state index contributed by atoms with van der Waals surface area (Å²) in [5.74, 6) is -1.68. The van der Waals surface area contributed by atoms with Crippen LogP contribution in [-0.2, 0) is 28.6 Å². The summed E-state index contributed by atoms with van der Waals surface area (Å²) < 4.78 is 16.4. The number of amides is 2. The number of nitrogen functional groups attached to an aromatic ring is 1. The van der Waals surface area contributed by atoms with E-state index < -0.39 is 47.4 Å². The molecule has 1 saturated heterocycles. The molecule has 2 aliphatic rings. The minimum absolute atomic E-state index is 0.0138. The molecule has 4 N–H and O–H groups in total. The van der Waals surface area contributed by atoms with Crippen LogP contribution in [0.5, 0.6) is 0 Å². The number of hydrogen-bond donors (Lipinski definition) is 3. The molecule has 1 fully saturated rings. The maximum Gasteiger partial charge on any atom is 0.511 e. The first-order chi connectivity index (χ1) is 20.6. The van der Waals surface area contributed by atoms with Gasteiger partial charge in [0.2, 0.25) is 6.29 Å². The lowest BCUT2D eigenvalue weighted by atomic mass is 10.0. The number of aromatic nitrogens is 3. The van der Waals surface area contributed by atoms with Crippen molar-refractivity contribution < 1.29 is 38.6 Å². The Labute approximate surface area is 262 Å². The Kier molecular flexibility index (Phi) is 10.9. The Morgan fingerprint density at radius 1 is 1.26 bits per heavy atom. The molecular formula is C24H29N7O8S4. The number of rotatable bonds is 12. The maximum absolute atomic E-state index is 13.4. The number of hydrogen-bond acceptors (Lipinski definition) is 17. The molecule has 2 aromatic rings. The number of ether oxygens (including phenoxy) is 3. The van der Waals surface area contributed by atoms with E-state index >= 15 is 0 Å². The van der Waals surface area contributed by atoms with E-state index in [0.29, 0.717) is 34.3 Å². The second kappa shape index (κ2) is 14.4. The van der Waals surface area contributed by atoms with Crippen molar-refractivity contribution in [3.63, 3.8) is 0 Å². The summed E-state index contributed by atoms with van der Waals surface area (Å²) >= 11 is 5.13. The van der Waals surface area contributed by atoms with E-state index in [1.54, 1.807) is 0 Å². The first-order valence-electron chi connectivity index (χ1n) is 13.0. The van der Waals surface area contributed by atoms with E-state index in [0.717, 1.165) is 16.3 Å². The lowest BCUT2D eigenvalue weighted by Crippen LogP contribution is -2.71. The average molecular weight is 672 g/mol. The number of fused-ring (bicyclic) bond motifs is 1. The number of β-lactam (4-membered cyclic amide) rings is 1. The molecule has 0 spiro atoms. The van der Waals surface area contributed by atoms with E-state index in [2.05, 4.69) is 25.7 Å². The van der Waals surface area contributed by atoms with Crippen molar-refractivity contribution in [2.75, 3.05) is 17.2 Å². The van der Waals surface area contributed by atoms with Crippen LogP contribution < -0.4 is 11.1 Å². The second-order valence-corrected chi connectivity index (χ2v) is 13.5. The van der Waals surface area contributed by atoms with Gasteiger partial charge in [-0.1, -0.05) is 42.1 Å². The van der Waals surface area contributed by atoms with E-state index in [1.165, 1.54) is 52.1 Å². The molecule has 4 heterocycles. The number of oxime groups is 1. The normalized spacial score (nSPS) is 19.0. The van der Waals surface area contributed by atoms with Crippen LogP contribution in [0.4, 0.5) is 9.93 Å². The summed E-state index contributed by atoms with van der Waals surface area (Å²) in [6.45, 7) is 6.92. The fraction of sp³-hybridized carbons (Fsp3) is 0.500. The number of thioether (sulfide) groups is 2. The molecule has 43 heavy (non-hydrogen) atoms. The summed E-state index contributed by atoms with van der Waals surface area (Å²) in [5.41, 5.74) is 5.83. The molecule has 0 bridgehead atoms. The van der Waals surface area contributed by atoms with E-state index in [4.69, 9.17) is 19.9 Å². The molecule has 232 valence electrons. The van der Waals surface area contributed by atoms with Crippen molar-refractivity contribution in [3.8, 4) is 0 Å². The summed E-state index contributed by atoms with van der Waals surface area (Å²) in [7, 11) is 0. The van der Waals surface area contributed by atoms with Crippen LogP contribution >= 0.6 is 46.2 Å². The Morgan fingerprint density at radius 3 is 2.60 bits per heavy atom. The average Bonchev–Trinajstić information content (AvgIpc) is 3.60. The summed E-state index contributed by atoms with van der Waals surface area (Å²) in [6, 6.07) is -1.03. The SMILES string of the molecule is CCC(CC)OC(=O)OC(C)OC(=O)C1=C(CSc2nnc(C)s2)CS[C@@H]2[C@H](NC(=O)/C(=N\O)c3csc(N)n3)C(=O)N12. The molecule has 0 radical (unpaired) electrons. The third-order valence-corrected chi connectivity index (χ3v) is 10.3. The van der Waals surface area contributed by atoms with Gasteiger partial charge < -0.3 is 30.5 Å². The van der Waals surface area contributed by atoms with Crippen molar-refractivity contribution in [3.05, 3.63) is 27.4 Å². The van der Waals surface area contributed by atoms with Crippen LogP contribution in [0.1, 0.15) is 44.3 Å². The van der Waals surface area contributed by atoms with Gasteiger partial charge in [0.15, 0.2) is 15.2 Å². The van der Waals surface area contributed by atoms with Gasteiger partial charge >= 0.3 is 12.1 Å². The van der Waals surface area contributed by atoms with Crippen molar-refractivity contribution in [1.29, 1.82) is 0 Å².